The van der Waals surface area contributed by atoms with Gasteiger partial charge in [-0.1, -0.05) is 38.8 Å². The number of benzene rings is 1. The molecule has 1 aliphatic carbocycles. The summed E-state index contributed by atoms with van der Waals surface area (Å²) in [6.07, 6.45) is 5.90. The summed E-state index contributed by atoms with van der Waals surface area (Å²) in [5.41, 5.74) is 0.557. The van der Waals surface area contributed by atoms with Gasteiger partial charge >= 0.3 is 5.97 Å². The van der Waals surface area contributed by atoms with E-state index in [1.54, 1.807) is 12.1 Å². The first-order valence-corrected chi connectivity index (χ1v) is 8.35. The number of hydrogen-bond donors (Lipinski definition) is 1. The highest BCUT2D eigenvalue weighted by molar-refractivity contribution is 5.89. The fourth-order valence-electron chi connectivity index (χ4n) is 2.99. The summed E-state index contributed by atoms with van der Waals surface area (Å²) in [6, 6.07) is 6.00. The minimum Gasteiger partial charge on any atom is -0.452 e. The van der Waals surface area contributed by atoms with E-state index in [-0.39, 0.29) is 24.4 Å². The lowest BCUT2D eigenvalue weighted by Gasteiger charge is -2.34. The minimum atomic E-state index is -0.625. The van der Waals surface area contributed by atoms with Crippen molar-refractivity contribution in [1.29, 1.82) is 0 Å². The number of carbonyl (C=O) groups is 2. The Labute approximate surface area is 142 Å². The first-order chi connectivity index (χ1) is 11.5. The third-order valence-corrected chi connectivity index (χ3v) is 4.66. The van der Waals surface area contributed by atoms with Crippen LogP contribution >= 0.6 is 0 Å². The molecule has 4 nitrogen and oxygen atoms in total. The Kier molecular flexibility index (Phi) is 6.53. The fraction of sp³-hybridized carbons (Fsp3) is 0.474. The van der Waals surface area contributed by atoms with Crippen molar-refractivity contribution in [3.63, 3.8) is 0 Å². The number of rotatable bonds is 5. The Hall–Kier alpha value is -2.17. The van der Waals surface area contributed by atoms with Gasteiger partial charge in [-0.15, -0.1) is 0 Å². The van der Waals surface area contributed by atoms with Crippen LogP contribution in [0.15, 0.2) is 30.3 Å². The maximum Gasteiger partial charge on any atom is 0.331 e. The maximum absolute atomic E-state index is 13.0. The molecule has 0 radical (unpaired) electrons. The molecule has 5 heteroatoms. The highest BCUT2D eigenvalue weighted by Crippen LogP contribution is 2.29. The van der Waals surface area contributed by atoms with Gasteiger partial charge < -0.3 is 10.1 Å². The number of halogens is 1. The van der Waals surface area contributed by atoms with Crippen LogP contribution in [0, 0.1) is 17.7 Å². The predicted octanol–water partition coefficient (Wildman–Crippen LogP) is 3.32. The van der Waals surface area contributed by atoms with Gasteiger partial charge in [-0.2, -0.15) is 0 Å². The molecule has 1 aromatic rings. The molecule has 2 rings (SSSR count). The van der Waals surface area contributed by atoms with Crippen LogP contribution < -0.4 is 5.32 Å². The Morgan fingerprint density at radius 3 is 2.88 bits per heavy atom. The van der Waals surface area contributed by atoms with E-state index in [2.05, 4.69) is 19.2 Å². The average Bonchev–Trinajstić information content (AvgIpc) is 2.55. The SMILES string of the molecule is CC1CCCC(NC(=O)COC(=O)/C=C/c2cccc(F)c2)C1C. The summed E-state index contributed by atoms with van der Waals surface area (Å²) >= 11 is 0. The Morgan fingerprint density at radius 2 is 2.12 bits per heavy atom. The summed E-state index contributed by atoms with van der Waals surface area (Å²) in [6.45, 7) is 4.03. The molecule has 3 unspecified atom stereocenters. The monoisotopic (exact) mass is 333 g/mol. The largest absolute Gasteiger partial charge is 0.452 e. The van der Waals surface area contributed by atoms with E-state index < -0.39 is 5.97 Å². The molecule has 130 valence electrons. The number of amides is 1. The Balaban J connectivity index is 1.76. The zero-order chi connectivity index (χ0) is 17.5. The van der Waals surface area contributed by atoms with Crippen LogP contribution in [0.3, 0.4) is 0 Å². The van der Waals surface area contributed by atoms with Crippen LogP contribution in [0.25, 0.3) is 6.08 Å². The summed E-state index contributed by atoms with van der Waals surface area (Å²) in [5, 5.41) is 2.95. The molecule has 1 aromatic carbocycles. The zero-order valence-corrected chi connectivity index (χ0v) is 14.1. The van der Waals surface area contributed by atoms with Crippen LogP contribution in [0.5, 0.6) is 0 Å². The van der Waals surface area contributed by atoms with Gasteiger partial charge in [-0.25, -0.2) is 9.18 Å². The summed E-state index contributed by atoms with van der Waals surface area (Å²) in [7, 11) is 0. The molecule has 3 atom stereocenters. The van der Waals surface area contributed by atoms with Crippen molar-refractivity contribution in [1.82, 2.24) is 5.32 Å². The second kappa shape index (κ2) is 8.62. The first-order valence-electron chi connectivity index (χ1n) is 8.35. The third-order valence-electron chi connectivity index (χ3n) is 4.66. The summed E-state index contributed by atoms with van der Waals surface area (Å²) < 4.78 is 18.0. The summed E-state index contributed by atoms with van der Waals surface area (Å²) in [5.74, 6) is -0.277. The van der Waals surface area contributed by atoms with Gasteiger partial charge in [0, 0.05) is 12.1 Å². The molecule has 0 saturated heterocycles. The van der Waals surface area contributed by atoms with Crippen molar-refractivity contribution in [2.45, 2.75) is 39.2 Å². The van der Waals surface area contributed by atoms with Crippen LogP contribution in [-0.2, 0) is 14.3 Å². The molecule has 0 heterocycles. The number of carbonyl (C=O) groups excluding carboxylic acids is 2. The highest BCUT2D eigenvalue weighted by atomic mass is 19.1. The second-order valence-electron chi connectivity index (χ2n) is 6.44. The van der Waals surface area contributed by atoms with E-state index >= 15 is 0 Å². The Bertz CT molecular complexity index is 614. The van der Waals surface area contributed by atoms with Gasteiger partial charge in [-0.05, 0) is 42.0 Å². The van der Waals surface area contributed by atoms with Gasteiger partial charge in [0.25, 0.3) is 5.91 Å². The lowest BCUT2D eigenvalue weighted by atomic mass is 9.78. The molecule has 24 heavy (non-hydrogen) atoms. The number of nitrogens with one attached hydrogen (secondary N) is 1. The molecule has 1 amide bonds. The molecule has 1 fully saturated rings. The molecule has 1 aliphatic rings. The topological polar surface area (TPSA) is 55.4 Å². The average molecular weight is 333 g/mol. The van der Waals surface area contributed by atoms with Gasteiger partial charge in [-0.3, -0.25) is 4.79 Å². The van der Waals surface area contributed by atoms with E-state index in [0.717, 1.165) is 12.8 Å². The third kappa shape index (κ3) is 5.48. The van der Waals surface area contributed by atoms with Crippen LogP contribution in [0.4, 0.5) is 4.39 Å². The van der Waals surface area contributed by atoms with Crippen LogP contribution in [0.2, 0.25) is 0 Å². The van der Waals surface area contributed by atoms with Crippen molar-refractivity contribution in [3.05, 3.63) is 41.7 Å². The molecule has 1 saturated carbocycles. The quantitative estimate of drug-likeness (QED) is 0.664. The smallest absolute Gasteiger partial charge is 0.331 e. The highest BCUT2D eigenvalue weighted by Gasteiger charge is 2.28. The lowest BCUT2D eigenvalue weighted by Crippen LogP contribution is -2.45. The molecule has 0 aromatic heterocycles. The van der Waals surface area contributed by atoms with Gasteiger partial charge in [0.1, 0.15) is 5.82 Å². The van der Waals surface area contributed by atoms with E-state index in [1.807, 2.05) is 0 Å². The lowest BCUT2D eigenvalue weighted by molar-refractivity contribution is -0.144. The van der Waals surface area contributed by atoms with Crippen molar-refractivity contribution in [2.75, 3.05) is 6.61 Å². The Morgan fingerprint density at radius 1 is 1.33 bits per heavy atom. The van der Waals surface area contributed by atoms with Crippen molar-refractivity contribution < 1.29 is 18.7 Å². The number of ether oxygens (including phenoxy) is 1. The zero-order valence-electron chi connectivity index (χ0n) is 14.1. The summed E-state index contributed by atoms with van der Waals surface area (Å²) in [4.78, 5) is 23.6. The fourth-order valence-corrected chi connectivity index (χ4v) is 2.99. The van der Waals surface area contributed by atoms with Crippen molar-refractivity contribution >= 4 is 18.0 Å². The van der Waals surface area contributed by atoms with Gasteiger partial charge in [0.15, 0.2) is 6.61 Å². The van der Waals surface area contributed by atoms with Crippen molar-refractivity contribution in [3.8, 4) is 0 Å². The molecular formula is C19H24FNO3. The van der Waals surface area contributed by atoms with Crippen molar-refractivity contribution in [2.24, 2.45) is 11.8 Å². The maximum atomic E-state index is 13.0. The first kappa shape index (κ1) is 18.2. The molecule has 1 N–H and O–H groups in total. The predicted molar refractivity (Wildman–Crippen MR) is 90.5 cm³/mol. The van der Waals surface area contributed by atoms with E-state index in [1.165, 1.54) is 30.7 Å². The van der Waals surface area contributed by atoms with Gasteiger partial charge in [0.05, 0.1) is 0 Å². The normalized spacial score (nSPS) is 23.9. The van der Waals surface area contributed by atoms with E-state index in [4.69, 9.17) is 4.74 Å². The molecule has 0 bridgehead atoms. The molecule has 0 aliphatic heterocycles. The number of hydrogen-bond acceptors (Lipinski definition) is 3. The standard InChI is InChI=1S/C19H24FNO3/c1-13-5-3-8-17(14(13)2)21-18(22)12-24-19(23)10-9-15-6-4-7-16(20)11-15/h4,6-7,9-11,13-14,17H,3,5,8,12H2,1-2H3,(H,21,22)/b10-9+. The van der Waals surface area contributed by atoms with E-state index in [9.17, 15) is 14.0 Å². The molecule has 0 spiro atoms. The van der Waals surface area contributed by atoms with Gasteiger partial charge in [0.2, 0.25) is 0 Å². The van der Waals surface area contributed by atoms with E-state index in [0.29, 0.717) is 17.4 Å². The number of esters is 1. The van der Waals surface area contributed by atoms with Crippen LogP contribution in [-0.4, -0.2) is 24.5 Å². The van der Waals surface area contributed by atoms with Crippen LogP contribution in [0.1, 0.15) is 38.7 Å². The second-order valence-corrected chi connectivity index (χ2v) is 6.44. The molecular weight excluding hydrogens is 309 g/mol. The minimum absolute atomic E-state index is 0.141.